The lowest BCUT2D eigenvalue weighted by Crippen LogP contribution is -2.55. The van der Waals surface area contributed by atoms with Crippen molar-refractivity contribution in [2.75, 3.05) is 21.1 Å². The van der Waals surface area contributed by atoms with Gasteiger partial charge in [0.1, 0.15) is 0 Å². The van der Waals surface area contributed by atoms with Crippen LogP contribution in [-0.2, 0) is 4.57 Å². The van der Waals surface area contributed by atoms with Crippen molar-refractivity contribution in [3.05, 3.63) is 12.2 Å². The van der Waals surface area contributed by atoms with Gasteiger partial charge in [0.15, 0.2) is 0 Å². The summed E-state index contributed by atoms with van der Waals surface area (Å²) in [5.41, 5.74) is 0. The molecule has 2 unspecified atom stereocenters. The number of hydrogen-bond donors (Lipinski definition) is 0. The highest BCUT2D eigenvalue weighted by Gasteiger charge is 2.53. The van der Waals surface area contributed by atoms with E-state index in [1.54, 1.807) is 0 Å². The molecule has 0 aromatic heterocycles. The third kappa shape index (κ3) is 11.7. The summed E-state index contributed by atoms with van der Waals surface area (Å²) in [7, 11) is 3.68. The molecule has 28 heavy (non-hydrogen) atoms. The average Bonchev–Trinajstić information content (AvgIpc) is 2.62. The lowest BCUT2D eigenvalue weighted by atomic mass is 9.99. The zero-order chi connectivity index (χ0) is 21.3. The van der Waals surface area contributed by atoms with E-state index >= 15 is 0 Å². The fourth-order valence-corrected chi connectivity index (χ4v) is 5.47. The summed E-state index contributed by atoms with van der Waals surface area (Å²) in [6, 6.07) is 0. The lowest BCUT2D eigenvalue weighted by Gasteiger charge is -2.39. The molecule has 0 heterocycles. The molecular formula is C24H49NO2P+. The third-order valence-corrected chi connectivity index (χ3v) is 7.90. The van der Waals surface area contributed by atoms with Gasteiger partial charge in [-0.15, -0.1) is 0 Å². The van der Waals surface area contributed by atoms with Gasteiger partial charge in [0.2, 0.25) is 0 Å². The van der Waals surface area contributed by atoms with Crippen molar-refractivity contribution in [2.45, 2.75) is 122 Å². The quantitative estimate of drug-likeness (QED) is 0.0960. The van der Waals surface area contributed by atoms with Crippen molar-refractivity contribution < 1.29 is 13.9 Å². The summed E-state index contributed by atoms with van der Waals surface area (Å²) >= 11 is 0. The monoisotopic (exact) mass is 414 g/mol. The summed E-state index contributed by atoms with van der Waals surface area (Å²) in [5, 5.41) is -0.586. The zero-order valence-corrected chi connectivity index (χ0v) is 20.6. The molecular weight excluding hydrogens is 365 g/mol. The number of rotatable bonds is 19. The first-order valence-corrected chi connectivity index (χ1v) is 13.1. The maximum absolute atomic E-state index is 12.1. The van der Waals surface area contributed by atoms with Crippen LogP contribution in [0.1, 0.15) is 117 Å². The first-order valence-electron chi connectivity index (χ1n) is 11.9. The summed E-state index contributed by atoms with van der Waals surface area (Å²) in [5.74, 6) is 0. The molecule has 0 aromatic rings. The highest BCUT2D eigenvalue weighted by Crippen LogP contribution is 2.45. The van der Waals surface area contributed by atoms with Gasteiger partial charge in [-0.05, 0) is 32.6 Å². The van der Waals surface area contributed by atoms with Crippen LogP contribution in [0.25, 0.3) is 0 Å². The van der Waals surface area contributed by atoms with Crippen LogP contribution in [0.15, 0.2) is 12.2 Å². The number of allylic oxidation sites excluding steroid dienone is 2. The Hall–Kier alpha value is -0.240. The largest absolute Gasteiger partial charge is 0.590 e. The zero-order valence-electron chi connectivity index (χ0n) is 19.7. The van der Waals surface area contributed by atoms with E-state index in [4.69, 9.17) is 0 Å². The Bertz CT molecular complexity index is 417. The van der Waals surface area contributed by atoms with Crippen LogP contribution >= 0.6 is 8.03 Å². The van der Waals surface area contributed by atoms with E-state index in [0.29, 0.717) is 4.48 Å². The van der Waals surface area contributed by atoms with Crippen molar-refractivity contribution >= 4 is 8.03 Å². The number of unbranched alkanes of at least 4 members (excludes halogenated alkanes) is 12. The molecule has 0 saturated carbocycles. The maximum Gasteiger partial charge on any atom is 0.376 e. The molecule has 0 radical (unpaired) electrons. The summed E-state index contributed by atoms with van der Waals surface area (Å²) in [6.45, 7) is 4.19. The average molecular weight is 415 g/mol. The van der Waals surface area contributed by atoms with E-state index in [-0.39, 0.29) is 0 Å². The van der Waals surface area contributed by atoms with Gasteiger partial charge in [-0.25, -0.2) is 0 Å². The summed E-state index contributed by atoms with van der Waals surface area (Å²) < 4.78 is 12.6. The van der Waals surface area contributed by atoms with Crippen LogP contribution < -0.4 is 4.89 Å². The predicted octanol–water partition coefficient (Wildman–Crippen LogP) is 7.33. The van der Waals surface area contributed by atoms with Gasteiger partial charge in [-0.3, -0.25) is 4.48 Å². The molecule has 0 aliphatic carbocycles. The molecule has 0 rings (SSSR count). The molecule has 0 aromatic carbocycles. The molecule has 0 bridgehead atoms. The van der Waals surface area contributed by atoms with E-state index in [9.17, 15) is 9.46 Å². The molecule has 0 aliphatic heterocycles. The van der Waals surface area contributed by atoms with Crippen LogP contribution in [0.2, 0.25) is 0 Å². The maximum atomic E-state index is 12.1. The van der Waals surface area contributed by atoms with Gasteiger partial charge in [0, 0.05) is 12.8 Å². The SMILES string of the molecule is C/C=C\CCCCCCCCCCCCCCC(CCC)([P+](=O)[O-])[N+](C)(C)C. The number of nitrogens with zero attached hydrogens (tertiary/aromatic N) is 1. The van der Waals surface area contributed by atoms with Crippen molar-refractivity contribution in [1.29, 1.82) is 0 Å². The van der Waals surface area contributed by atoms with Gasteiger partial charge in [-0.2, -0.15) is 0 Å². The fourth-order valence-electron chi connectivity index (χ4n) is 4.23. The third-order valence-electron chi connectivity index (χ3n) is 6.17. The van der Waals surface area contributed by atoms with E-state index < -0.39 is 13.3 Å². The molecule has 0 saturated heterocycles. The minimum Gasteiger partial charge on any atom is -0.590 e. The molecule has 0 amide bonds. The van der Waals surface area contributed by atoms with E-state index in [0.717, 1.165) is 25.7 Å². The van der Waals surface area contributed by atoms with Crippen molar-refractivity contribution in [3.63, 3.8) is 0 Å². The summed E-state index contributed by atoms with van der Waals surface area (Å²) in [6.07, 6.45) is 23.9. The number of quaternary nitrogens is 1. The first kappa shape index (κ1) is 27.8. The molecule has 0 N–H and O–H groups in total. The smallest absolute Gasteiger partial charge is 0.376 e. The van der Waals surface area contributed by atoms with Gasteiger partial charge in [0.05, 0.1) is 21.1 Å². The Morgan fingerprint density at radius 2 is 1.21 bits per heavy atom. The van der Waals surface area contributed by atoms with Gasteiger partial charge in [-0.1, -0.05) is 87.8 Å². The normalized spacial score (nSPS) is 15.1. The molecule has 166 valence electrons. The molecule has 4 heteroatoms. The molecule has 2 atom stereocenters. The Morgan fingerprint density at radius 3 is 1.57 bits per heavy atom. The van der Waals surface area contributed by atoms with Crippen LogP contribution in [0, 0.1) is 0 Å². The van der Waals surface area contributed by atoms with Crippen molar-refractivity contribution in [2.24, 2.45) is 0 Å². The van der Waals surface area contributed by atoms with Crippen LogP contribution in [-0.4, -0.2) is 30.9 Å². The summed E-state index contributed by atoms with van der Waals surface area (Å²) in [4.78, 5) is 12.1. The van der Waals surface area contributed by atoms with E-state index in [1.807, 2.05) is 21.1 Å². The minimum absolute atomic E-state index is 0.523. The predicted molar refractivity (Wildman–Crippen MR) is 123 cm³/mol. The second-order valence-electron chi connectivity index (χ2n) is 9.35. The molecule has 3 nitrogen and oxygen atoms in total. The van der Waals surface area contributed by atoms with Gasteiger partial charge < -0.3 is 4.89 Å². The Kier molecular flexibility index (Phi) is 16.4. The van der Waals surface area contributed by atoms with Crippen molar-refractivity contribution in [3.8, 4) is 0 Å². The fraction of sp³-hybridized carbons (Fsp3) is 0.917. The van der Waals surface area contributed by atoms with Crippen molar-refractivity contribution in [1.82, 2.24) is 0 Å². The first-order chi connectivity index (χ1) is 13.3. The van der Waals surface area contributed by atoms with Crippen LogP contribution in [0.3, 0.4) is 0 Å². The highest BCUT2D eigenvalue weighted by atomic mass is 31.1. The second-order valence-corrected chi connectivity index (χ2v) is 10.7. The Morgan fingerprint density at radius 1 is 0.786 bits per heavy atom. The topological polar surface area (TPSA) is 40.1 Å². The lowest BCUT2D eigenvalue weighted by molar-refractivity contribution is -0.910. The Labute approximate surface area is 177 Å². The molecule has 0 fully saturated rings. The molecule has 0 aliphatic rings. The minimum atomic E-state index is -2.42. The van der Waals surface area contributed by atoms with Gasteiger partial charge in [0.25, 0.3) is 5.28 Å². The van der Waals surface area contributed by atoms with Crippen LogP contribution in [0.4, 0.5) is 0 Å². The second kappa shape index (κ2) is 16.5. The van der Waals surface area contributed by atoms with E-state index in [2.05, 4.69) is 26.0 Å². The molecule has 0 spiro atoms. The Balaban J connectivity index is 3.73. The van der Waals surface area contributed by atoms with E-state index in [1.165, 1.54) is 77.0 Å². The highest BCUT2D eigenvalue weighted by molar-refractivity contribution is 7.38. The standard InChI is InChI=1S/C24H49NO2P/c1-6-8-9-10-11-12-13-14-15-16-17-18-19-20-21-23-24(22-7-2,28(26)27)25(3,4)5/h6,8H,7,9-23H2,1-5H3/q+1/b8-6-. The van der Waals surface area contributed by atoms with Gasteiger partial charge >= 0.3 is 8.03 Å². The van der Waals surface area contributed by atoms with Crippen LogP contribution in [0.5, 0.6) is 0 Å². The number of hydrogen-bond acceptors (Lipinski definition) is 2.